The molecule has 0 aromatic heterocycles. The van der Waals surface area contributed by atoms with E-state index in [1.165, 1.54) is 4.90 Å². The van der Waals surface area contributed by atoms with Crippen LogP contribution in [0, 0.1) is 0 Å². The molecule has 0 spiro atoms. The number of ether oxygens (including phenoxy) is 1. The predicted octanol–water partition coefficient (Wildman–Crippen LogP) is 1.56. The van der Waals surface area contributed by atoms with Gasteiger partial charge in [-0.2, -0.15) is 0 Å². The quantitative estimate of drug-likeness (QED) is 0.735. The zero-order valence-corrected chi connectivity index (χ0v) is 16.9. The van der Waals surface area contributed by atoms with Gasteiger partial charge in [-0.25, -0.2) is 0 Å². The molecular weight excluding hydrogens is 382 g/mol. The zero-order chi connectivity index (χ0) is 20.9. The van der Waals surface area contributed by atoms with E-state index in [-0.39, 0.29) is 31.1 Å². The summed E-state index contributed by atoms with van der Waals surface area (Å²) in [6.07, 6.45) is 0.826. The number of amides is 2. The number of carbonyl (C=O) groups excluding carboxylic acids is 2. The molecule has 2 N–H and O–H groups in total. The summed E-state index contributed by atoms with van der Waals surface area (Å²) in [6.45, 7) is 0.663. The average molecular weight is 407 g/mol. The van der Waals surface area contributed by atoms with Crippen molar-refractivity contribution in [3.63, 3.8) is 0 Å². The molecule has 3 atom stereocenters. The van der Waals surface area contributed by atoms with Gasteiger partial charge in [-0.1, -0.05) is 30.3 Å². The molecule has 3 aliphatic rings. The van der Waals surface area contributed by atoms with Gasteiger partial charge in [-0.05, 0) is 35.7 Å². The molecule has 2 fully saturated rings. The maximum Gasteiger partial charge on any atom is 0.245 e. The topological polar surface area (TPSA) is 82.1 Å². The van der Waals surface area contributed by atoms with E-state index in [9.17, 15) is 9.59 Å². The normalized spacial score (nSPS) is 26.9. The van der Waals surface area contributed by atoms with Crippen LogP contribution in [0.2, 0.25) is 0 Å². The van der Waals surface area contributed by atoms with E-state index in [0.29, 0.717) is 19.4 Å². The predicted molar refractivity (Wildman–Crippen MR) is 111 cm³/mol. The highest BCUT2D eigenvalue weighted by Gasteiger charge is 2.62. The lowest BCUT2D eigenvalue weighted by molar-refractivity contribution is -0.153. The second-order valence-electron chi connectivity index (χ2n) is 8.23. The Kier molecular flexibility index (Phi) is 4.43. The van der Waals surface area contributed by atoms with Crippen molar-refractivity contribution < 1.29 is 19.4 Å². The summed E-state index contributed by atoms with van der Waals surface area (Å²) >= 11 is 0. The number of aliphatic hydroxyl groups excluding tert-OH is 1. The molecule has 2 aromatic carbocycles. The summed E-state index contributed by atoms with van der Waals surface area (Å²) in [4.78, 5) is 29.2. The number of anilines is 1. The van der Waals surface area contributed by atoms with Gasteiger partial charge >= 0.3 is 0 Å². The number of hydrogen-bond acceptors (Lipinski definition) is 5. The van der Waals surface area contributed by atoms with Gasteiger partial charge in [-0.15, -0.1) is 0 Å². The van der Waals surface area contributed by atoms with Crippen LogP contribution in [0.25, 0.3) is 0 Å². The van der Waals surface area contributed by atoms with Gasteiger partial charge in [0.25, 0.3) is 0 Å². The fourth-order valence-electron chi connectivity index (χ4n) is 5.20. The summed E-state index contributed by atoms with van der Waals surface area (Å²) in [5.41, 5.74) is 2.67. The number of hydrogen-bond donors (Lipinski definition) is 2. The minimum absolute atomic E-state index is 0.00777. The Morgan fingerprint density at radius 2 is 1.93 bits per heavy atom. The summed E-state index contributed by atoms with van der Waals surface area (Å²) in [5, 5.41) is 12.5. The Labute approximate surface area is 175 Å². The zero-order valence-electron chi connectivity index (χ0n) is 16.9. The first-order valence-corrected chi connectivity index (χ1v) is 10.3. The van der Waals surface area contributed by atoms with Gasteiger partial charge in [0.05, 0.1) is 18.6 Å². The number of likely N-dealkylation sites (N-methyl/N-ethyl adjacent to an activating group) is 1. The molecule has 30 heavy (non-hydrogen) atoms. The molecule has 0 unspecified atom stereocenters. The van der Waals surface area contributed by atoms with Gasteiger partial charge in [0, 0.05) is 25.8 Å². The van der Waals surface area contributed by atoms with Crippen LogP contribution < -0.4 is 10.1 Å². The molecule has 2 amide bonds. The molecule has 3 heterocycles. The first kappa shape index (κ1) is 18.9. The molecule has 5 rings (SSSR count). The van der Waals surface area contributed by atoms with E-state index in [0.717, 1.165) is 22.6 Å². The van der Waals surface area contributed by atoms with Crippen molar-refractivity contribution in [3.8, 4) is 5.75 Å². The highest BCUT2D eigenvalue weighted by molar-refractivity contribution is 5.97. The third kappa shape index (κ3) is 2.61. The first-order valence-electron chi connectivity index (χ1n) is 10.3. The van der Waals surface area contributed by atoms with Crippen LogP contribution >= 0.6 is 0 Å². The van der Waals surface area contributed by atoms with Crippen LogP contribution in [-0.4, -0.2) is 65.7 Å². The molecule has 0 radical (unpaired) electrons. The molecule has 0 aliphatic carbocycles. The molecule has 2 saturated heterocycles. The van der Waals surface area contributed by atoms with Crippen molar-refractivity contribution in [2.45, 2.75) is 30.5 Å². The van der Waals surface area contributed by atoms with Crippen LogP contribution in [0.15, 0.2) is 48.5 Å². The van der Waals surface area contributed by atoms with Crippen LogP contribution in [0.5, 0.6) is 5.75 Å². The monoisotopic (exact) mass is 407 g/mol. The molecule has 7 heteroatoms. The molecule has 3 aliphatic heterocycles. The minimum Gasteiger partial charge on any atom is -0.494 e. The van der Waals surface area contributed by atoms with Gasteiger partial charge in [-0.3, -0.25) is 9.59 Å². The second-order valence-corrected chi connectivity index (χ2v) is 8.23. The van der Waals surface area contributed by atoms with E-state index in [2.05, 4.69) is 11.4 Å². The summed E-state index contributed by atoms with van der Waals surface area (Å²) in [7, 11) is 1.69. The van der Waals surface area contributed by atoms with Gasteiger partial charge < -0.3 is 25.0 Å². The number of aliphatic hydroxyl groups is 1. The number of rotatable bonds is 5. The minimum atomic E-state index is -0.499. The van der Waals surface area contributed by atoms with Crippen molar-refractivity contribution in [1.29, 1.82) is 0 Å². The Bertz CT molecular complexity index is 992. The standard InChI is InChI=1S/C23H25N3O4/c1-25-14-20(28)26-19(21(25)29)13-23(17-5-2-3-6-18(17)24-22(23)26)15-7-9-16(10-8-15)30-12-4-11-27/h2-3,5-10,19,22,24,27H,4,11-14H2,1H3/t19-,22+,23-/m0/s1. The van der Waals surface area contributed by atoms with E-state index in [1.54, 1.807) is 11.9 Å². The third-order valence-corrected chi connectivity index (χ3v) is 6.56. The smallest absolute Gasteiger partial charge is 0.245 e. The first-order chi connectivity index (χ1) is 14.6. The third-order valence-electron chi connectivity index (χ3n) is 6.56. The highest BCUT2D eigenvalue weighted by Crippen LogP contribution is 2.55. The Morgan fingerprint density at radius 3 is 2.70 bits per heavy atom. The number of benzene rings is 2. The van der Waals surface area contributed by atoms with Gasteiger partial charge in [0.15, 0.2) is 0 Å². The van der Waals surface area contributed by atoms with Crippen LogP contribution in [0.1, 0.15) is 24.0 Å². The van der Waals surface area contributed by atoms with E-state index in [1.807, 2.05) is 42.5 Å². The molecule has 7 nitrogen and oxygen atoms in total. The molecule has 0 bridgehead atoms. The Hall–Kier alpha value is -3.06. The Morgan fingerprint density at radius 1 is 1.17 bits per heavy atom. The lowest BCUT2D eigenvalue weighted by Gasteiger charge is -2.38. The fourth-order valence-corrected chi connectivity index (χ4v) is 5.20. The molecular formula is C23H25N3O4. The van der Waals surface area contributed by atoms with Crippen molar-refractivity contribution in [3.05, 3.63) is 59.7 Å². The maximum atomic E-state index is 13.0. The van der Waals surface area contributed by atoms with Crippen LogP contribution in [-0.2, 0) is 15.0 Å². The highest BCUT2D eigenvalue weighted by atomic mass is 16.5. The fraction of sp³-hybridized carbons (Fsp3) is 0.391. The largest absolute Gasteiger partial charge is 0.494 e. The lowest BCUT2D eigenvalue weighted by Crippen LogP contribution is -2.59. The summed E-state index contributed by atoms with van der Waals surface area (Å²) in [5.74, 6) is 0.701. The van der Waals surface area contributed by atoms with Crippen molar-refractivity contribution >= 4 is 17.5 Å². The van der Waals surface area contributed by atoms with E-state index in [4.69, 9.17) is 9.84 Å². The van der Waals surface area contributed by atoms with Crippen molar-refractivity contribution in [2.24, 2.45) is 0 Å². The number of carbonyl (C=O) groups is 2. The van der Waals surface area contributed by atoms with Crippen molar-refractivity contribution in [1.82, 2.24) is 9.80 Å². The molecule has 2 aromatic rings. The number of para-hydroxylation sites is 1. The van der Waals surface area contributed by atoms with E-state index < -0.39 is 11.5 Å². The number of nitrogens with one attached hydrogen (secondary N) is 1. The maximum absolute atomic E-state index is 13.0. The summed E-state index contributed by atoms with van der Waals surface area (Å²) in [6, 6.07) is 15.5. The number of piperazine rings is 1. The molecule has 156 valence electrons. The van der Waals surface area contributed by atoms with Gasteiger partial charge in [0.2, 0.25) is 11.8 Å². The SMILES string of the molecule is CN1CC(=O)N2[C@H]3Nc4ccccc4[C@@]3(c3ccc(OCCCO)cc3)C[C@H]2C1=O. The van der Waals surface area contributed by atoms with Crippen molar-refractivity contribution in [2.75, 3.05) is 32.1 Å². The number of nitrogens with zero attached hydrogens (tertiary/aromatic N) is 2. The number of fused-ring (bicyclic) bond motifs is 5. The van der Waals surface area contributed by atoms with Crippen LogP contribution in [0.4, 0.5) is 5.69 Å². The molecule has 0 saturated carbocycles. The average Bonchev–Trinajstić information content (AvgIpc) is 3.25. The van der Waals surface area contributed by atoms with E-state index >= 15 is 0 Å². The lowest BCUT2D eigenvalue weighted by atomic mass is 9.72. The van der Waals surface area contributed by atoms with Gasteiger partial charge in [0.1, 0.15) is 18.0 Å². The summed E-state index contributed by atoms with van der Waals surface area (Å²) < 4.78 is 5.68. The Balaban J connectivity index is 1.58. The van der Waals surface area contributed by atoms with Crippen LogP contribution in [0.3, 0.4) is 0 Å². The second kappa shape index (κ2) is 7.02.